The highest BCUT2D eigenvalue weighted by Gasteiger charge is 2.22. The van der Waals surface area contributed by atoms with Crippen LogP contribution in [-0.4, -0.2) is 33.8 Å². The van der Waals surface area contributed by atoms with Crippen LogP contribution in [0.3, 0.4) is 0 Å². The van der Waals surface area contributed by atoms with Crippen molar-refractivity contribution in [2.75, 3.05) is 18.5 Å². The third kappa shape index (κ3) is 5.14. The highest BCUT2D eigenvalue weighted by atomic mass is 19.1. The number of anilines is 1. The number of hydrogen-bond donors (Lipinski definition) is 2. The van der Waals surface area contributed by atoms with Gasteiger partial charge in [0.25, 0.3) is 0 Å². The minimum Gasteiger partial charge on any atom is -0.480 e. The van der Waals surface area contributed by atoms with E-state index < -0.39 is 12.6 Å². The molecule has 5 rings (SSSR count). The van der Waals surface area contributed by atoms with Crippen molar-refractivity contribution in [3.05, 3.63) is 109 Å². The maximum Gasteiger partial charge on any atom is 0.322 e. The maximum atomic E-state index is 14.0. The fraction of sp³-hybridized carbons (Fsp3) is 0.0968. The molecule has 0 atom stereocenters. The fourth-order valence-corrected chi connectivity index (χ4v) is 4.55. The van der Waals surface area contributed by atoms with Crippen LogP contribution in [0.4, 0.5) is 10.1 Å². The zero-order valence-electron chi connectivity index (χ0n) is 20.1. The summed E-state index contributed by atoms with van der Waals surface area (Å²) in [6.07, 6.45) is 0. The Morgan fingerprint density at radius 3 is 2.08 bits per heavy atom. The lowest BCUT2D eigenvalue weighted by molar-refractivity contribution is -0.134. The fourth-order valence-electron chi connectivity index (χ4n) is 4.55. The van der Waals surface area contributed by atoms with E-state index in [1.807, 2.05) is 114 Å². The Bertz CT molecular complexity index is 1510. The number of nitrogens with one attached hydrogen (secondary N) is 1. The van der Waals surface area contributed by atoms with Crippen molar-refractivity contribution >= 4 is 11.7 Å². The van der Waals surface area contributed by atoms with E-state index in [9.17, 15) is 9.18 Å². The molecule has 0 radical (unpaired) electrons. The number of nitrogens with zero attached hydrogens (tertiary/aromatic N) is 2. The topological polar surface area (TPSA) is 67.2 Å². The molecule has 5 nitrogen and oxygen atoms in total. The molecule has 6 heteroatoms. The van der Waals surface area contributed by atoms with Gasteiger partial charge in [0.15, 0.2) is 0 Å². The van der Waals surface area contributed by atoms with Crippen LogP contribution < -0.4 is 5.32 Å². The summed E-state index contributed by atoms with van der Waals surface area (Å²) in [6.45, 7) is -0.547. The van der Waals surface area contributed by atoms with Crippen LogP contribution in [0.2, 0.25) is 0 Å². The van der Waals surface area contributed by atoms with Gasteiger partial charge < -0.3 is 15.0 Å². The molecular formula is C31H26FN3O2. The number of aromatic nitrogens is 2. The van der Waals surface area contributed by atoms with Crippen molar-refractivity contribution in [1.82, 2.24) is 9.55 Å². The van der Waals surface area contributed by atoms with E-state index in [-0.39, 0.29) is 13.1 Å². The van der Waals surface area contributed by atoms with Gasteiger partial charge in [-0.25, -0.2) is 9.37 Å². The number of carboxylic acid groups (broad SMARTS) is 1. The summed E-state index contributed by atoms with van der Waals surface area (Å²) in [5.41, 5.74) is 6.98. The summed E-state index contributed by atoms with van der Waals surface area (Å²) in [7, 11) is 0. The molecule has 5 aromatic rings. The van der Waals surface area contributed by atoms with E-state index in [2.05, 4.69) is 5.32 Å². The van der Waals surface area contributed by atoms with Crippen LogP contribution in [-0.2, 0) is 11.3 Å². The first-order valence-electron chi connectivity index (χ1n) is 12.1. The molecule has 2 N–H and O–H groups in total. The van der Waals surface area contributed by atoms with Crippen LogP contribution in [0.5, 0.6) is 0 Å². The van der Waals surface area contributed by atoms with Gasteiger partial charge in [-0.05, 0) is 23.3 Å². The molecule has 1 heterocycles. The SMILES string of the molecule is O=C(O)CNc1cccc(-c2ccccc2-c2nc(-c3ccccc3)c(-c3ccccc3)n2CCF)c1. The normalized spacial score (nSPS) is 10.8. The van der Waals surface area contributed by atoms with Crippen molar-refractivity contribution in [3.63, 3.8) is 0 Å². The van der Waals surface area contributed by atoms with Gasteiger partial charge in [-0.1, -0.05) is 97.1 Å². The minimum atomic E-state index is -0.930. The lowest BCUT2D eigenvalue weighted by Crippen LogP contribution is -2.12. The monoisotopic (exact) mass is 491 g/mol. The summed E-state index contributed by atoms with van der Waals surface area (Å²) in [5, 5.41) is 12.0. The second-order valence-electron chi connectivity index (χ2n) is 8.58. The third-order valence-corrected chi connectivity index (χ3v) is 6.16. The number of hydrogen-bond acceptors (Lipinski definition) is 3. The Morgan fingerprint density at radius 2 is 1.41 bits per heavy atom. The Morgan fingerprint density at radius 1 is 0.784 bits per heavy atom. The van der Waals surface area contributed by atoms with Gasteiger partial charge in [0, 0.05) is 22.4 Å². The van der Waals surface area contributed by atoms with Gasteiger partial charge in [0.1, 0.15) is 19.0 Å². The molecule has 1 aromatic heterocycles. The first kappa shape index (κ1) is 24.0. The molecule has 4 aromatic carbocycles. The van der Waals surface area contributed by atoms with Gasteiger partial charge in [0.2, 0.25) is 0 Å². The molecule has 0 aliphatic heterocycles. The number of imidazole rings is 1. The second-order valence-corrected chi connectivity index (χ2v) is 8.58. The van der Waals surface area contributed by atoms with E-state index in [0.29, 0.717) is 11.5 Å². The molecule has 0 aliphatic rings. The van der Waals surface area contributed by atoms with E-state index in [1.165, 1.54) is 0 Å². The van der Waals surface area contributed by atoms with Crippen molar-refractivity contribution in [1.29, 1.82) is 0 Å². The van der Waals surface area contributed by atoms with Gasteiger partial charge in [-0.15, -0.1) is 0 Å². The number of aliphatic carboxylic acids is 1. The quantitative estimate of drug-likeness (QED) is 0.233. The molecule has 184 valence electrons. The summed E-state index contributed by atoms with van der Waals surface area (Å²) >= 11 is 0. The van der Waals surface area contributed by atoms with Gasteiger partial charge in [-0.2, -0.15) is 0 Å². The molecule has 0 saturated heterocycles. The van der Waals surface area contributed by atoms with Crippen LogP contribution in [0.15, 0.2) is 109 Å². The lowest BCUT2D eigenvalue weighted by Gasteiger charge is -2.15. The predicted octanol–water partition coefficient (Wildman–Crippen LogP) is 7.02. The summed E-state index contributed by atoms with van der Waals surface area (Å²) in [5.74, 6) is -0.254. The Labute approximate surface area is 214 Å². The van der Waals surface area contributed by atoms with Crippen LogP contribution in [0.25, 0.3) is 45.0 Å². The average molecular weight is 492 g/mol. The first-order chi connectivity index (χ1) is 18.2. The number of alkyl halides is 1. The molecule has 37 heavy (non-hydrogen) atoms. The Kier molecular flexibility index (Phi) is 7.08. The average Bonchev–Trinajstić information content (AvgIpc) is 3.32. The molecule has 0 saturated carbocycles. The standard InChI is InChI=1S/C31H26FN3O2/c32-18-19-35-30(23-12-5-2-6-13-23)29(22-10-3-1-4-11-22)34-31(35)27-17-8-7-16-26(27)24-14-9-15-25(20-24)33-21-28(36)37/h1-17,20,33H,18-19,21H2,(H,36,37). The molecular weight excluding hydrogens is 465 g/mol. The second kappa shape index (κ2) is 10.9. The smallest absolute Gasteiger partial charge is 0.322 e. The minimum absolute atomic E-state index is 0.161. The van der Waals surface area contributed by atoms with Crippen LogP contribution >= 0.6 is 0 Å². The van der Waals surface area contributed by atoms with Crippen molar-refractivity contribution < 1.29 is 14.3 Å². The van der Waals surface area contributed by atoms with Gasteiger partial charge >= 0.3 is 5.97 Å². The van der Waals surface area contributed by atoms with E-state index in [4.69, 9.17) is 10.1 Å². The van der Waals surface area contributed by atoms with Crippen LogP contribution in [0, 0.1) is 0 Å². The Hall–Kier alpha value is -4.71. The van der Waals surface area contributed by atoms with Gasteiger partial charge in [0.05, 0.1) is 17.9 Å². The highest BCUT2D eigenvalue weighted by molar-refractivity contribution is 5.87. The third-order valence-electron chi connectivity index (χ3n) is 6.16. The first-order valence-corrected chi connectivity index (χ1v) is 12.1. The van der Waals surface area contributed by atoms with E-state index >= 15 is 0 Å². The molecule has 0 unspecified atom stereocenters. The van der Waals surface area contributed by atoms with Crippen LogP contribution in [0.1, 0.15) is 0 Å². The number of halogens is 1. The van der Waals surface area contributed by atoms with E-state index in [0.717, 1.165) is 39.2 Å². The maximum absolute atomic E-state index is 14.0. The molecule has 0 bridgehead atoms. The molecule has 0 amide bonds. The largest absolute Gasteiger partial charge is 0.480 e. The Balaban J connectivity index is 1.71. The predicted molar refractivity (Wildman–Crippen MR) is 146 cm³/mol. The zero-order chi connectivity index (χ0) is 25.6. The zero-order valence-corrected chi connectivity index (χ0v) is 20.1. The summed E-state index contributed by atoms with van der Waals surface area (Å²) in [6, 6.07) is 35.4. The molecule has 0 spiro atoms. The highest BCUT2D eigenvalue weighted by Crippen LogP contribution is 2.39. The number of rotatable bonds is 9. The van der Waals surface area contributed by atoms with Gasteiger partial charge in [-0.3, -0.25) is 4.79 Å². The molecule has 0 fully saturated rings. The lowest BCUT2D eigenvalue weighted by atomic mass is 9.98. The summed E-state index contributed by atoms with van der Waals surface area (Å²) < 4.78 is 16.0. The van der Waals surface area contributed by atoms with Crippen molar-refractivity contribution in [2.45, 2.75) is 6.54 Å². The van der Waals surface area contributed by atoms with Crippen molar-refractivity contribution in [3.8, 4) is 45.0 Å². The number of benzene rings is 4. The number of carbonyl (C=O) groups is 1. The van der Waals surface area contributed by atoms with Crippen molar-refractivity contribution in [2.24, 2.45) is 0 Å². The number of carboxylic acids is 1. The molecule has 0 aliphatic carbocycles. The summed E-state index contributed by atoms with van der Waals surface area (Å²) in [4.78, 5) is 16.1. The van der Waals surface area contributed by atoms with E-state index in [1.54, 1.807) is 0 Å².